The van der Waals surface area contributed by atoms with Gasteiger partial charge in [-0.05, 0) is 31.0 Å². The second-order valence-corrected chi connectivity index (χ2v) is 4.10. The van der Waals surface area contributed by atoms with Crippen LogP contribution in [-0.2, 0) is 9.53 Å². The van der Waals surface area contributed by atoms with Crippen LogP contribution in [0.1, 0.15) is 24.1 Å². The van der Waals surface area contributed by atoms with Gasteiger partial charge >= 0.3 is 5.97 Å². The normalized spacial score (nSPS) is 13.4. The van der Waals surface area contributed by atoms with E-state index in [1.54, 1.807) is 25.1 Å². The minimum Gasteiger partial charge on any atom is -0.464 e. The summed E-state index contributed by atoms with van der Waals surface area (Å²) < 4.78 is 18.2. The van der Waals surface area contributed by atoms with Crippen LogP contribution in [0.3, 0.4) is 0 Å². The molecule has 1 rings (SSSR count). The summed E-state index contributed by atoms with van der Waals surface area (Å²) in [5.41, 5.74) is 7.00. The van der Waals surface area contributed by atoms with Crippen LogP contribution in [0, 0.1) is 6.92 Å². The van der Waals surface area contributed by atoms with E-state index in [0.29, 0.717) is 10.6 Å². The molecule has 0 radical (unpaired) electrons. The third kappa shape index (κ3) is 4.12. The SMILES string of the molecule is CCOC(=O)C(F)[C@H](N)c1ccc(C)c(Cl)c1.Cl. The van der Waals surface area contributed by atoms with E-state index in [2.05, 4.69) is 4.74 Å². The van der Waals surface area contributed by atoms with Crippen molar-refractivity contribution in [3.05, 3.63) is 34.3 Å². The van der Waals surface area contributed by atoms with Gasteiger partial charge in [0.25, 0.3) is 0 Å². The number of carbonyl (C=O) groups is 1. The van der Waals surface area contributed by atoms with E-state index in [1.165, 1.54) is 0 Å². The number of carbonyl (C=O) groups excluding carboxylic acids is 1. The first kappa shape index (κ1) is 17.2. The molecule has 1 aromatic rings. The maximum atomic E-state index is 13.7. The average molecular weight is 296 g/mol. The summed E-state index contributed by atoms with van der Waals surface area (Å²) in [6, 6.07) is 3.88. The molecule has 2 atom stereocenters. The molecule has 102 valence electrons. The number of aryl methyl sites for hydroxylation is 1. The molecule has 18 heavy (non-hydrogen) atoms. The Morgan fingerprint density at radius 2 is 2.17 bits per heavy atom. The summed E-state index contributed by atoms with van der Waals surface area (Å²) in [4.78, 5) is 11.2. The van der Waals surface area contributed by atoms with Gasteiger partial charge in [0.2, 0.25) is 6.17 Å². The number of hydrogen-bond acceptors (Lipinski definition) is 3. The van der Waals surface area contributed by atoms with Crippen molar-refractivity contribution in [1.29, 1.82) is 0 Å². The second kappa shape index (κ2) is 7.56. The van der Waals surface area contributed by atoms with Crippen LogP contribution in [-0.4, -0.2) is 18.7 Å². The van der Waals surface area contributed by atoms with E-state index in [-0.39, 0.29) is 19.0 Å². The summed E-state index contributed by atoms with van der Waals surface area (Å²) in [6.07, 6.45) is -1.88. The van der Waals surface area contributed by atoms with Crippen molar-refractivity contribution >= 4 is 30.0 Å². The Labute approximate surface area is 117 Å². The molecule has 0 aliphatic carbocycles. The van der Waals surface area contributed by atoms with Gasteiger partial charge in [-0.25, -0.2) is 9.18 Å². The van der Waals surface area contributed by atoms with Gasteiger partial charge < -0.3 is 10.5 Å². The van der Waals surface area contributed by atoms with E-state index >= 15 is 0 Å². The summed E-state index contributed by atoms with van der Waals surface area (Å²) in [5, 5.41) is 0.494. The number of esters is 1. The number of benzene rings is 1. The van der Waals surface area contributed by atoms with Crippen LogP contribution in [0.5, 0.6) is 0 Å². The zero-order valence-electron chi connectivity index (χ0n) is 10.2. The van der Waals surface area contributed by atoms with Crippen LogP contribution < -0.4 is 5.73 Å². The highest BCUT2D eigenvalue weighted by molar-refractivity contribution is 6.31. The molecule has 1 unspecified atom stereocenters. The van der Waals surface area contributed by atoms with Gasteiger partial charge in [0, 0.05) is 5.02 Å². The summed E-state index contributed by atoms with van der Waals surface area (Å²) in [5.74, 6) is -0.948. The number of ether oxygens (including phenoxy) is 1. The van der Waals surface area contributed by atoms with Crippen LogP contribution in [0.2, 0.25) is 5.02 Å². The van der Waals surface area contributed by atoms with Crippen LogP contribution in [0.25, 0.3) is 0 Å². The van der Waals surface area contributed by atoms with Gasteiger partial charge in [0.15, 0.2) is 0 Å². The fourth-order valence-corrected chi connectivity index (χ4v) is 1.54. The Morgan fingerprint density at radius 3 is 2.67 bits per heavy atom. The molecule has 0 saturated heterocycles. The molecule has 0 heterocycles. The fourth-order valence-electron chi connectivity index (χ4n) is 1.35. The van der Waals surface area contributed by atoms with Gasteiger partial charge in [-0.3, -0.25) is 0 Å². The molecule has 0 saturated carbocycles. The molecule has 0 spiro atoms. The van der Waals surface area contributed by atoms with Crippen LogP contribution in [0.15, 0.2) is 18.2 Å². The molecule has 2 N–H and O–H groups in total. The maximum Gasteiger partial charge on any atom is 0.342 e. The molecular weight excluding hydrogens is 280 g/mol. The molecular formula is C12H16Cl2FNO2. The zero-order chi connectivity index (χ0) is 13.0. The van der Waals surface area contributed by atoms with Crippen molar-refractivity contribution in [3.8, 4) is 0 Å². The summed E-state index contributed by atoms with van der Waals surface area (Å²) >= 11 is 5.91. The first-order valence-electron chi connectivity index (χ1n) is 5.29. The van der Waals surface area contributed by atoms with Crippen molar-refractivity contribution in [1.82, 2.24) is 0 Å². The van der Waals surface area contributed by atoms with E-state index in [1.807, 2.05) is 6.92 Å². The Bertz CT molecular complexity index is 415. The molecule has 3 nitrogen and oxygen atoms in total. The molecule has 0 aliphatic heterocycles. The predicted molar refractivity (Wildman–Crippen MR) is 71.9 cm³/mol. The van der Waals surface area contributed by atoms with Crippen molar-refractivity contribution in [2.75, 3.05) is 6.61 Å². The topological polar surface area (TPSA) is 52.3 Å². The van der Waals surface area contributed by atoms with Gasteiger partial charge in [0.1, 0.15) is 0 Å². The standard InChI is InChI=1S/C12H15ClFNO2.ClH/c1-3-17-12(16)10(14)11(15)8-5-4-7(2)9(13)6-8;/h4-6,10-11H,3,15H2,1-2H3;1H/t10?,11-;/m1./s1. The van der Waals surface area contributed by atoms with Gasteiger partial charge in [-0.15, -0.1) is 12.4 Å². The van der Waals surface area contributed by atoms with Gasteiger partial charge in [0.05, 0.1) is 12.6 Å². The largest absolute Gasteiger partial charge is 0.464 e. The number of nitrogens with two attached hydrogens (primary N) is 1. The molecule has 0 fully saturated rings. The maximum absolute atomic E-state index is 13.7. The smallest absolute Gasteiger partial charge is 0.342 e. The molecule has 0 bridgehead atoms. The minimum absolute atomic E-state index is 0. The number of rotatable bonds is 4. The third-order valence-corrected chi connectivity index (χ3v) is 2.82. The monoisotopic (exact) mass is 295 g/mol. The first-order valence-corrected chi connectivity index (χ1v) is 5.67. The van der Waals surface area contributed by atoms with E-state index in [4.69, 9.17) is 17.3 Å². The van der Waals surface area contributed by atoms with Crippen molar-refractivity contribution < 1.29 is 13.9 Å². The molecule has 1 aromatic carbocycles. The average Bonchev–Trinajstić information content (AvgIpc) is 2.31. The van der Waals surface area contributed by atoms with Crippen molar-refractivity contribution in [2.45, 2.75) is 26.1 Å². The van der Waals surface area contributed by atoms with Crippen LogP contribution in [0.4, 0.5) is 4.39 Å². The number of alkyl halides is 1. The Morgan fingerprint density at radius 1 is 1.56 bits per heavy atom. The lowest BCUT2D eigenvalue weighted by atomic mass is 10.0. The molecule has 0 amide bonds. The highest BCUT2D eigenvalue weighted by atomic mass is 35.5. The number of halogens is 3. The molecule has 0 aromatic heterocycles. The van der Waals surface area contributed by atoms with E-state index in [9.17, 15) is 9.18 Å². The van der Waals surface area contributed by atoms with Crippen molar-refractivity contribution in [3.63, 3.8) is 0 Å². The highest BCUT2D eigenvalue weighted by Gasteiger charge is 2.27. The van der Waals surface area contributed by atoms with Crippen LogP contribution >= 0.6 is 24.0 Å². The molecule has 0 aliphatic rings. The zero-order valence-corrected chi connectivity index (χ0v) is 11.7. The Kier molecular flexibility index (Phi) is 7.21. The first-order chi connectivity index (χ1) is 7.97. The highest BCUT2D eigenvalue weighted by Crippen LogP contribution is 2.23. The fraction of sp³-hybridized carbons (Fsp3) is 0.417. The quantitative estimate of drug-likeness (QED) is 0.869. The van der Waals surface area contributed by atoms with E-state index < -0.39 is 18.2 Å². The lowest BCUT2D eigenvalue weighted by molar-refractivity contribution is -0.149. The lowest BCUT2D eigenvalue weighted by Gasteiger charge is -2.16. The Hall–Kier alpha value is -0.840. The second-order valence-electron chi connectivity index (χ2n) is 3.69. The summed E-state index contributed by atoms with van der Waals surface area (Å²) in [6.45, 7) is 3.56. The van der Waals surface area contributed by atoms with Gasteiger partial charge in [-0.1, -0.05) is 23.7 Å². The van der Waals surface area contributed by atoms with E-state index in [0.717, 1.165) is 5.56 Å². The summed E-state index contributed by atoms with van der Waals surface area (Å²) in [7, 11) is 0. The molecule has 6 heteroatoms. The third-order valence-electron chi connectivity index (χ3n) is 2.41. The minimum atomic E-state index is -1.88. The number of hydrogen-bond donors (Lipinski definition) is 1. The van der Waals surface area contributed by atoms with Gasteiger partial charge in [-0.2, -0.15) is 0 Å². The Balaban J connectivity index is 0.00000289. The van der Waals surface area contributed by atoms with Crippen molar-refractivity contribution in [2.24, 2.45) is 5.73 Å². The predicted octanol–water partition coefficient (Wildman–Crippen LogP) is 2.97. The lowest BCUT2D eigenvalue weighted by Crippen LogP contribution is -2.31.